The van der Waals surface area contributed by atoms with Crippen molar-refractivity contribution >= 4 is 0 Å². The van der Waals surface area contributed by atoms with E-state index in [-0.39, 0.29) is 0 Å². The van der Waals surface area contributed by atoms with Gasteiger partial charge < -0.3 is 4.74 Å². The maximum absolute atomic E-state index is 5.60. The zero-order valence-corrected chi connectivity index (χ0v) is 14.6. The van der Waals surface area contributed by atoms with Crippen LogP contribution in [0.2, 0.25) is 0 Å². The summed E-state index contributed by atoms with van der Waals surface area (Å²) >= 11 is 0. The van der Waals surface area contributed by atoms with Crippen LogP contribution in [0.25, 0.3) is 0 Å². The van der Waals surface area contributed by atoms with E-state index in [1.807, 2.05) is 4.68 Å². The standard InChI is InChI=1S/C19H25N5O/c1-2-25-11-15-16(1)20-21-17(15)9-24-10-18(22-23-24)19-6-12-3-13(7-19)5-14(4-12)8-19/h10,12-14H,1-9,11H2,(H,20,21). The summed E-state index contributed by atoms with van der Waals surface area (Å²) in [6, 6.07) is 0. The molecule has 1 N–H and O–H groups in total. The molecule has 7 rings (SSSR count). The molecule has 0 unspecified atom stereocenters. The first-order chi connectivity index (χ1) is 12.3. The Kier molecular flexibility index (Phi) is 2.99. The van der Waals surface area contributed by atoms with Crippen LogP contribution < -0.4 is 0 Å². The molecule has 0 saturated heterocycles. The molecule has 4 fully saturated rings. The van der Waals surface area contributed by atoms with Crippen LogP contribution in [0.1, 0.15) is 61.2 Å². The quantitative estimate of drug-likeness (QED) is 0.933. The van der Waals surface area contributed by atoms with Crippen molar-refractivity contribution in [2.24, 2.45) is 17.8 Å². The second-order valence-corrected chi connectivity index (χ2v) is 8.93. The van der Waals surface area contributed by atoms with Gasteiger partial charge in [0.1, 0.15) is 0 Å². The average molecular weight is 339 g/mol. The number of aromatic nitrogens is 5. The summed E-state index contributed by atoms with van der Waals surface area (Å²) < 4.78 is 7.58. The highest BCUT2D eigenvalue weighted by atomic mass is 16.5. The van der Waals surface area contributed by atoms with E-state index in [1.54, 1.807) is 0 Å². The van der Waals surface area contributed by atoms with Crippen molar-refractivity contribution in [2.45, 2.75) is 63.5 Å². The van der Waals surface area contributed by atoms with Gasteiger partial charge in [0.15, 0.2) is 0 Å². The number of nitrogens with zero attached hydrogens (tertiary/aromatic N) is 4. The number of aromatic amines is 1. The van der Waals surface area contributed by atoms with Gasteiger partial charge in [0.2, 0.25) is 0 Å². The molecule has 2 aromatic heterocycles. The molecule has 4 bridgehead atoms. The first kappa shape index (κ1) is 14.5. The minimum absolute atomic E-state index is 0.321. The van der Waals surface area contributed by atoms with Gasteiger partial charge in [-0.1, -0.05) is 5.21 Å². The van der Waals surface area contributed by atoms with Gasteiger partial charge in [0.25, 0.3) is 0 Å². The highest BCUT2D eigenvalue weighted by Crippen LogP contribution is 2.60. The van der Waals surface area contributed by atoms with Crippen LogP contribution >= 0.6 is 0 Å². The normalized spacial score (nSPS) is 35.9. The Bertz CT molecular complexity index is 771. The third-order valence-corrected chi connectivity index (χ3v) is 7.21. The van der Waals surface area contributed by atoms with Crippen LogP contribution in [0.4, 0.5) is 0 Å². The minimum atomic E-state index is 0.321. The third kappa shape index (κ3) is 2.23. The molecule has 3 heterocycles. The molecule has 0 amide bonds. The largest absolute Gasteiger partial charge is 0.376 e. The smallest absolute Gasteiger partial charge is 0.0895 e. The third-order valence-electron chi connectivity index (χ3n) is 7.21. The highest BCUT2D eigenvalue weighted by molar-refractivity contribution is 5.27. The summed E-state index contributed by atoms with van der Waals surface area (Å²) in [5.74, 6) is 2.81. The Labute approximate surface area is 147 Å². The maximum Gasteiger partial charge on any atom is 0.0895 e. The molecule has 6 heteroatoms. The molecule has 0 radical (unpaired) electrons. The van der Waals surface area contributed by atoms with Crippen molar-refractivity contribution in [3.63, 3.8) is 0 Å². The van der Waals surface area contributed by atoms with Gasteiger partial charge in [-0.3, -0.25) is 5.10 Å². The van der Waals surface area contributed by atoms with Crippen LogP contribution in [0.5, 0.6) is 0 Å². The highest BCUT2D eigenvalue weighted by Gasteiger charge is 2.52. The first-order valence-electron chi connectivity index (χ1n) is 9.81. The number of rotatable bonds is 3. The van der Waals surface area contributed by atoms with Gasteiger partial charge in [-0.2, -0.15) is 5.10 Å². The van der Waals surface area contributed by atoms with Crippen molar-refractivity contribution in [2.75, 3.05) is 6.61 Å². The number of hydrogen-bond donors (Lipinski definition) is 1. The van der Waals surface area contributed by atoms with E-state index in [9.17, 15) is 0 Å². The van der Waals surface area contributed by atoms with Crippen LogP contribution in [0.15, 0.2) is 6.20 Å². The lowest BCUT2D eigenvalue weighted by Crippen LogP contribution is -2.48. The lowest BCUT2D eigenvalue weighted by molar-refractivity contribution is -0.00725. The second kappa shape index (κ2) is 5.16. The predicted molar refractivity (Wildman–Crippen MR) is 90.9 cm³/mol. The summed E-state index contributed by atoms with van der Waals surface area (Å²) in [4.78, 5) is 0. The molecule has 6 nitrogen and oxygen atoms in total. The van der Waals surface area contributed by atoms with Crippen LogP contribution in [-0.2, 0) is 29.7 Å². The molecule has 4 saturated carbocycles. The van der Waals surface area contributed by atoms with Crippen molar-refractivity contribution in [3.8, 4) is 0 Å². The van der Waals surface area contributed by atoms with E-state index in [0.29, 0.717) is 18.6 Å². The van der Waals surface area contributed by atoms with E-state index in [2.05, 4.69) is 26.7 Å². The molecule has 0 aromatic carbocycles. The molecule has 132 valence electrons. The SMILES string of the molecule is c1c(C23CC4CC(CC(C4)C2)C3)nnn1Cc1n[nH]c2c1COCC2. The summed E-state index contributed by atoms with van der Waals surface area (Å²) in [6.07, 6.45) is 11.5. The Morgan fingerprint density at radius 1 is 1.16 bits per heavy atom. The topological polar surface area (TPSA) is 68.6 Å². The number of H-pyrrole nitrogens is 1. The molecule has 25 heavy (non-hydrogen) atoms. The lowest BCUT2D eigenvalue weighted by atomic mass is 9.49. The fourth-order valence-electron chi connectivity index (χ4n) is 6.50. The summed E-state index contributed by atoms with van der Waals surface area (Å²) in [5.41, 5.74) is 5.06. The van der Waals surface area contributed by atoms with Crippen LogP contribution in [0, 0.1) is 17.8 Å². The van der Waals surface area contributed by atoms with Crippen molar-refractivity contribution in [1.29, 1.82) is 0 Å². The summed E-state index contributed by atoms with van der Waals surface area (Å²) in [6.45, 7) is 2.14. The monoisotopic (exact) mass is 339 g/mol. The fraction of sp³-hybridized carbons (Fsp3) is 0.737. The molecule has 0 atom stereocenters. The molecular weight excluding hydrogens is 314 g/mol. The summed E-state index contributed by atoms with van der Waals surface area (Å²) in [5, 5.41) is 16.8. The molecule has 0 spiro atoms. The Morgan fingerprint density at radius 2 is 1.92 bits per heavy atom. The van der Waals surface area contributed by atoms with E-state index in [0.717, 1.165) is 36.5 Å². The van der Waals surface area contributed by atoms with Gasteiger partial charge in [-0.25, -0.2) is 4.68 Å². The fourth-order valence-corrected chi connectivity index (χ4v) is 6.50. The van der Waals surface area contributed by atoms with Gasteiger partial charge in [0.05, 0.1) is 31.1 Å². The van der Waals surface area contributed by atoms with E-state index in [1.165, 1.54) is 55.5 Å². The Balaban J connectivity index is 1.27. The van der Waals surface area contributed by atoms with E-state index >= 15 is 0 Å². The number of ether oxygens (including phenoxy) is 1. The number of nitrogens with one attached hydrogen (secondary N) is 1. The maximum atomic E-state index is 5.60. The first-order valence-corrected chi connectivity index (χ1v) is 9.81. The van der Waals surface area contributed by atoms with Gasteiger partial charge in [-0.05, 0) is 56.3 Å². The van der Waals surface area contributed by atoms with E-state index < -0.39 is 0 Å². The molecule has 1 aliphatic heterocycles. The molecular formula is C19H25N5O. The number of fused-ring (bicyclic) bond motifs is 1. The van der Waals surface area contributed by atoms with Crippen LogP contribution in [0.3, 0.4) is 0 Å². The lowest BCUT2D eigenvalue weighted by Gasteiger charge is -2.56. The summed E-state index contributed by atoms with van der Waals surface area (Å²) in [7, 11) is 0. The molecule has 4 aliphatic carbocycles. The zero-order valence-electron chi connectivity index (χ0n) is 14.6. The average Bonchev–Trinajstić information content (AvgIpc) is 3.22. The predicted octanol–water partition coefficient (Wildman–Crippen LogP) is 2.59. The van der Waals surface area contributed by atoms with Crippen LogP contribution in [-0.4, -0.2) is 31.8 Å². The number of hydrogen-bond acceptors (Lipinski definition) is 4. The minimum Gasteiger partial charge on any atom is -0.376 e. The van der Waals surface area contributed by atoms with Gasteiger partial charge in [0, 0.05) is 29.3 Å². The molecule has 5 aliphatic rings. The van der Waals surface area contributed by atoms with Crippen molar-refractivity contribution in [1.82, 2.24) is 25.2 Å². The van der Waals surface area contributed by atoms with Gasteiger partial charge in [-0.15, -0.1) is 5.10 Å². The Morgan fingerprint density at radius 3 is 2.68 bits per heavy atom. The molecule has 2 aromatic rings. The van der Waals surface area contributed by atoms with Crippen molar-refractivity contribution in [3.05, 3.63) is 28.8 Å². The Hall–Kier alpha value is -1.69. The zero-order chi connectivity index (χ0) is 16.4. The van der Waals surface area contributed by atoms with Crippen molar-refractivity contribution < 1.29 is 4.74 Å². The van der Waals surface area contributed by atoms with Gasteiger partial charge >= 0.3 is 0 Å². The van der Waals surface area contributed by atoms with E-state index in [4.69, 9.17) is 4.74 Å². The second-order valence-electron chi connectivity index (χ2n) is 8.93.